The maximum Gasteiger partial charge on any atom is 0.240 e. The molecule has 3 rings (SSSR count). The van der Waals surface area contributed by atoms with E-state index < -0.39 is 0 Å². The van der Waals surface area contributed by atoms with Crippen LogP contribution < -0.4 is 16.6 Å². The van der Waals surface area contributed by atoms with Crippen molar-refractivity contribution in [3.63, 3.8) is 0 Å². The quantitative estimate of drug-likeness (QED) is 0.495. The molecule has 0 fully saturated rings. The van der Waals surface area contributed by atoms with Crippen molar-refractivity contribution in [2.75, 3.05) is 10.7 Å². The topological polar surface area (TPSA) is 88.8 Å². The summed E-state index contributed by atoms with van der Waals surface area (Å²) >= 11 is 3.35. The van der Waals surface area contributed by atoms with Crippen LogP contribution in [0.4, 0.5) is 11.8 Å². The fraction of sp³-hybridized carbons (Fsp3) is 0.308. The lowest BCUT2D eigenvalue weighted by Crippen LogP contribution is -2.11. The molecule has 3 heterocycles. The third kappa shape index (κ3) is 2.97. The van der Waals surface area contributed by atoms with Gasteiger partial charge < -0.3 is 5.32 Å². The molecule has 21 heavy (non-hydrogen) atoms. The number of hydrogen-bond acceptors (Lipinski definition) is 8. The van der Waals surface area contributed by atoms with Crippen LogP contribution in [0.15, 0.2) is 12.3 Å². The monoisotopic (exact) mass is 320 g/mol. The van der Waals surface area contributed by atoms with Gasteiger partial charge in [0, 0.05) is 16.0 Å². The molecule has 0 aromatic carbocycles. The zero-order valence-electron chi connectivity index (χ0n) is 11.8. The molecule has 0 atom stereocenters. The smallest absolute Gasteiger partial charge is 0.240 e. The first kappa shape index (κ1) is 14.2. The van der Waals surface area contributed by atoms with Crippen LogP contribution in [0, 0.1) is 6.92 Å². The molecule has 3 aromatic rings. The van der Waals surface area contributed by atoms with Gasteiger partial charge in [0.1, 0.15) is 10.6 Å². The summed E-state index contributed by atoms with van der Waals surface area (Å²) in [6, 6.07) is 2.14. The number of fused-ring (bicyclic) bond motifs is 1. The fourth-order valence-electron chi connectivity index (χ4n) is 2.00. The molecule has 0 amide bonds. The fourth-order valence-corrected chi connectivity index (χ4v) is 3.70. The minimum atomic E-state index is 0.426. The predicted octanol–water partition coefficient (Wildman–Crippen LogP) is 2.92. The van der Waals surface area contributed by atoms with E-state index >= 15 is 0 Å². The van der Waals surface area contributed by atoms with E-state index in [-0.39, 0.29) is 0 Å². The Morgan fingerprint density at radius 1 is 1.24 bits per heavy atom. The van der Waals surface area contributed by atoms with Gasteiger partial charge in [-0.05, 0) is 19.4 Å². The van der Waals surface area contributed by atoms with Crippen molar-refractivity contribution in [2.45, 2.75) is 26.8 Å². The highest BCUT2D eigenvalue weighted by molar-refractivity contribution is 7.18. The Morgan fingerprint density at radius 3 is 2.76 bits per heavy atom. The number of hydrogen-bond donors (Lipinski definition) is 3. The van der Waals surface area contributed by atoms with Gasteiger partial charge in [-0.1, -0.05) is 6.92 Å². The number of nitrogens with zero attached hydrogens (tertiary/aromatic N) is 3. The van der Waals surface area contributed by atoms with Crippen LogP contribution in [0.25, 0.3) is 10.2 Å². The van der Waals surface area contributed by atoms with E-state index in [2.05, 4.69) is 38.7 Å². The van der Waals surface area contributed by atoms with Gasteiger partial charge in [-0.2, -0.15) is 4.98 Å². The highest BCUT2D eigenvalue weighted by Crippen LogP contribution is 2.30. The third-order valence-electron chi connectivity index (χ3n) is 3.02. The number of aromatic nitrogens is 3. The standard InChI is InChI=1S/C13H16N6S2/c1-3-8-4-10-11(16-6-9-5-15-7(2)20-9)17-13(19-14)18-12(10)21-8/h4-5H,3,6,14H2,1-2H3,(H2,16,17,18,19). The molecule has 0 aliphatic heterocycles. The number of nitrogen functional groups attached to an aromatic ring is 1. The SMILES string of the molecule is CCc1cc2c(NCc3cnc(C)s3)nc(NN)nc2s1. The highest BCUT2D eigenvalue weighted by Gasteiger charge is 2.11. The molecule has 0 bridgehead atoms. The van der Waals surface area contributed by atoms with E-state index in [0.29, 0.717) is 12.5 Å². The zero-order valence-corrected chi connectivity index (χ0v) is 13.4. The summed E-state index contributed by atoms with van der Waals surface area (Å²) < 4.78 is 0. The molecule has 0 spiro atoms. The first-order chi connectivity index (χ1) is 10.2. The van der Waals surface area contributed by atoms with Crippen LogP contribution >= 0.6 is 22.7 Å². The summed E-state index contributed by atoms with van der Waals surface area (Å²) in [6.45, 7) is 4.83. The lowest BCUT2D eigenvalue weighted by molar-refractivity contribution is 1.10. The second-order valence-corrected chi connectivity index (χ2v) is 6.96. The van der Waals surface area contributed by atoms with Crippen molar-refractivity contribution in [1.29, 1.82) is 0 Å². The zero-order chi connectivity index (χ0) is 14.8. The van der Waals surface area contributed by atoms with Crippen molar-refractivity contribution >= 4 is 44.7 Å². The Bertz CT molecular complexity index is 763. The number of nitrogens with two attached hydrogens (primary N) is 1. The maximum absolute atomic E-state index is 5.45. The number of rotatable bonds is 5. The summed E-state index contributed by atoms with van der Waals surface area (Å²) in [5.41, 5.74) is 2.52. The van der Waals surface area contributed by atoms with Gasteiger partial charge in [0.2, 0.25) is 5.95 Å². The van der Waals surface area contributed by atoms with Gasteiger partial charge in [0.05, 0.1) is 16.9 Å². The van der Waals surface area contributed by atoms with Crippen LogP contribution in [0.5, 0.6) is 0 Å². The van der Waals surface area contributed by atoms with Crippen molar-refractivity contribution < 1.29 is 0 Å². The molecule has 4 N–H and O–H groups in total. The lowest BCUT2D eigenvalue weighted by Gasteiger charge is -2.07. The summed E-state index contributed by atoms with van der Waals surface area (Å²) in [4.78, 5) is 16.5. The molecule has 0 radical (unpaired) electrons. The molecule has 0 saturated carbocycles. The van der Waals surface area contributed by atoms with E-state index in [1.165, 1.54) is 9.75 Å². The van der Waals surface area contributed by atoms with Gasteiger partial charge in [-0.25, -0.2) is 15.8 Å². The van der Waals surface area contributed by atoms with Gasteiger partial charge in [0.25, 0.3) is 0 Å². The Balaban J connectivity index is 1.93. The van der Waals surface area contributed by atoms with Crippen LogP contribution in [-0.2, 0) is 13.0 Å². The van der Waals surface area contributed by atoms with Crippen molar-refractivity contribution in [1.82, 2.24) is 15.0 Å². The minimum absolute atomic E-state index is 0.426. The second-order valence-electron chi connectivity index (χ2n) is 4.52. The number of nitrogens with one attached hydrogen (secondary N) is 2. The number of aryl methyl sites for hydroxylation is 2. The van der Waals surface area contributed by atoms with E-state index in [1.807, 2.05) is 13.1 Å². The summed E-state index contributed by atoms with van der Waals surface area (Å²) in [6.07, 6.45) is 2.87. The normalized spacial score (nSPS) is 11.0. The van der Waals surface area contributed by atoms with Gasteiger partial charge in [-0.3, -0.25) is 5.43 Å². The number of thiophene rings is 1. The number of hydrazine groups is 1. The van der Waals surface area contributed by atoms with E-state index in [1.54, 1.807) is 22.7 Å². The van der Waals surface area contributed by atoms with E-state index in [0.717, 1.165) is 27.5 Å². The van der Waals surface area contributed by atoms with Gasteiger partial charge >= 0.3 is 0 Å². The van der Waals surface area contributed by atoms with Gasteiger partial charge in [-0.15, -0.1) is 22.7 Å². The first-order valence-electron chi connectivity index (χ1n) is 6.62. The maximum atomic E-state index is 5.45. The summed E-state index contributed by atoms with van der Waals surface area (Å²) in [5.74, 6) is 6.68. The van der Waals surface area contributed by atoms with E-state index in [4.69, 9.17) is 5.84 Å². The lowest BCUT2D eigenvalue weighted by atomic mass is 10.3. The van der Waals surface area contributed by atoms with Crippen LogP contribution in [0.3, 0.4) is 0 Å². The predicted molar refractivity (Wildman–Crippen MR) is 88.8 cm³/mol. The molecule has 8 heteroatoms. The molecule has 0 unspecified atom stereocenters. The second kappa shape index (κ2) is 5.92. The molecule has 3 aromatic heterocycles. The Kier molecular flexibility index (Phi) is 4.00. The Hall–Kier alpha value is -1.77. The summed E-state index contributed by atoms with van der Waals surface area (Å²) in [5, 5.41) is 5.46. The molecule has 0 saturated heterocycles. The Labute approximate surface area is 130 Å². The molecular weight excluding hydrogens is 304 g/mol. The van der Waals surface area contributed by atoms with Crippen molar-refractivity contribution in [2.24, 2.45) is 5.84 Å². The number of anilines is 2. The molecule has 110 valence electrons. The average molecular weight is 320 g/mol. The average Bonchev–Trinajstić information content (AvgIpc) is 3.10. The van der Waals surface area contributed by atoms with Crippen LogP contribution in [0.1, 0.15) is 21.7 Å². The molecule has 6 nitrogen and oxygen atoms in total. The first-order valence-corrected chi connectivity index (χ1v) is 8.25. The van der Waals surface area contributed by atoms with E-state index in [9.17, 15) is 0 Å². The van der Waals surface area contributed by atoms with Crippen LogP contribution in [0.2, 0.25) is 0 Å². The number of thiazole rings is 1. The minimum Gasteiger partial charge on any atom is -0.364 e. The molecular formula is C13H16N6S2. The van der Waals surface area contributed by atoms with Crippen molar-refractivity contribution in [3.05, 3.63) is 27.0 Å². The Morgan fingerprint density at radius 2 is 2.10 bits per heavy atom. The largest absolute Gasteiger partial charge is 0.364 e. The molecule has 0 aliphatic rings. The molecule has 0 aliphatic carbocycles. The third-order valence-corrected chi connectivity index (χ3v) is 5.11. The van der Waals surface area contributed by atoms with Crippen molar-refractivity contribution in [3.8, 4) is 0 Å². The highest BCUT2D eigenvalue weighted by atomic mass is 32.1. The van der Waals surface area contributed by atoms with Crippen LogP contribution in [-0.4, -0.2) is 15.0 Å². The summed E-state index contributed by atoms with van der Waals surface area (Å²) in [7, 11) is 0. The van der Waals surface area contributed by atoms with Gasteiger partial charge in [0.15, 0.2) is 0 Å².